The van der Waals surface area contributed by atoms with E-state index in [0.29, 0.717) is 6.04 Å². The molecular formula is C17H20N2O. The van der Waals surface area contributed by atoms with Gasteiger partial charge in [0.2, 0.25) is 0 Å². The minimum Gasteiger partial charge on any atom is -0.497 e. The lowest BCUT2D eigenvalue weighted by molar-refractivity contribution is 0.215. The number of nitrogens with two attached hydrogens (primary N) is 1. The Balaban J connectivity index is 1.79. The van der Waals surface area contributed by atoms with Gasteiger partial charge in [0.25, 0.3) is 0 Å². The number of hydrogen-bond donors (Lipinski definition) is 1. The molecule has 1 aliphatic rings. The van der Waals surface area contributed by atoms with Crippen LogP contribution in [0.4, 0.5) is 5.69 Å². The summed E-state index contributed by atoms with van der Waals surface area (Å²) in [6.45, 7) is 4.13. The van der Waals surface area contributed by atoms with E-state index < -0.39 is 0 Å². The number of nitrogens with zero attached hydrogens (tertiary/aromatic N) is 1. The van der Waals surface area contributed by atoms with Crippen LogP contribution in [0.15, 0.2) is 42.5 Å². The molecule has 104 valence electrons. The Morgan fingerprint density at radius 2 is 1.85 bits per heavy atom. The van der Waals surface area contributed by atoms with Gasteiger partial charge in [-0.25, -0.2) is 0 Å². The van der Waals surface area contributed by atoms with Crippen molar-refractivity contribution in [3.63, 3.8) is 0 Å². The van der Waals surface area contributed by atoms with Crippen LogP contribution in [0.5, 0.6) is 5.75 Å². The molecule has 0 spiro atoms. The average molecular weight is 268 g/mol. The minimum atomic E-state index is 0.368. The number of benzene rings is 2. The van der Waals surface area contributed by atoms with Gasteiger partial charge in [-0.1, -0.05) is 24.3 Å². The number of methoxy groups -OCH3 is 1. The van der Waals surface area contributed by atoms with Gasteiger partial charge in [-0.3, -0.25) is 4.90 Å². The first-order valence-corrected chi connectivity index (χ1v) is 6.93. The lowest BCUT2D eigenvalue weighted by atomic mass is 10.1. The van der Waals surface area contributed by atoms with Crippen molar-refractivity contribution >= 4 is 5.69 Å². The molecular weight excluding hydrogens is 248 g/mol. The van der Waals surface area contributed by atoms with Crippen molar-refractivity contribution < 1.29 is 4.74 Å². The molecule has 2 N–H and O–H groups in total. The Kier molecular flexibility index (Phi) is 3.36. The fourth-order valence-electron chi connectivity index (χ4n) is 2.84. The summed E-state index contributed by atoms with van der Waals surface area (Å²) in [5.41, 5.74) is 10.9. The van der Waals surface area contributed by atoms with Crippen molar-refractivity contribution in [2.75, 3.05) is 12.8 Å². The summed E-state index contributed by atoms with van der Waals surface area (Å²) >= 11 is 0. The van der Waals surface area contributed by atoms with Crippen LogP contribution in [-0.4, -0.2) is 12.0 Å². The third kappa shape index (κ3) is 2.25. The summed E-state index contributed by atoms with van der Waals surface area (Å²) in [7, 11) is 1.69. The molecule has 0 saturated carbocycles. The molecule has 1 atom stereocenters. The van der Waals surface area contributed by atoms with Crippen LogP contribution in [-0.2, 0) is 13.1 Å². The fourth-order valence-corrected chi connectivity index (χ4v) is 2.84. The summed E-state index contributed by atoms with van der Waals surface area (Å²) in [5.74, 6) is 0.898. The molecule has 0 fully saturated rings. The Morgan fingerprint density at radius 3 is 2.50 bits per heavy atom. The van der Waals surface area contributed by atoms with Gasteiger partial charge >= 0.3 is 0 Å². The first-order chi connectivity index (χ1) is 9.69. The monoisotopic (exact) mass is 268 g/mol. The molecule has 0 aliphatic carbocycles. The first-order valence-electron chi connectivity index (χ1n) is 6.93. The highest BCUT2D eigenvalue weighted by Gasteiger charge is 2.25. The smallest absolute Gasteiger partial charge is 0.118 e. The maximum Gasteiger partial charge on any atom is 0.118 e. The quantitative estimate of drug-likeness (QED) is 0.868. The van der Waals surface area contributed by atoms with E-state index in [-0.39, 0.29) is 0 Å². The highest BCUT2D eigenvalue weighted by Crippen LogP contribution is 2.34. The molecule has 3 nitrogen and oxygen atoms in total. The Labute approximate surface area is 120 Å². The van der Waals surface area contributed by atoms with Crippen molar-refractivity contribution in [3.8, 4) is 5.75 Å². The Bertz CT molecular complexity index is 607. The largest absolute Gasteiger partial charge is 0.497 e. The second kappa shape index (κ2) is 5.17. The van der Waals surface area contributed by atoms with E-state index >= 15 is 0 Å². The molecule has 0 saturated heterocycles. The van der Waals surface area contributed by atoms with Gasteiger partial charge in [0.1, 0.15) is 5.75 Å². The highest BCUT2D eigenvalue weighted by molar-refractivity contribution is 5.52. The van der Waals surface area contributed by atoms with E-state index in [0.717, 1.165) is 24.5 Å². The zero-order valence-corrected chi connectivity index (χ0v) is 12.0. The zero-order chi connectivity index (χ0) is 14.1. The number of hydrogen-bond acceptors (Lipinski definition) is 3. The van der Waals surface area contributed by atoms with Gasteiger partial charge in [-0.15, -0.1) is 0 Å². The van der Waals surface area contributed by atoms with Gasteiger partial charge in [-0.2, -0.15) is 0 Å². The van der Waals surface area contributed by atoms with Crippen LogP contribution in [0.25, 0.3) is 0 Å². The van der Waals surface area contributed by atoms with Crippen LogP contribution < -0.4 is 10.5 Å². The standard InChI is InChI=1S/C17H20N2O/c1-12(13-6-8-15(20-2)9-7-13)19-10-14-4-3-5-17(18)16(14)11-19/h3-9,12H,10-11,18H2,1-2H3. The minimum absolute atomic E-state index is 0.368. The highest BCUT2D eigenvalue weighted by atomic mass is 16.5. The normalized spacial score (nSPS) is 15.9. The summed E-state index contributed by atoms with van der Waals surface area (Å²) in [5, 5.41) is 0. The predicted molar refractivity (Wildman–Crippen MR) is 81.5 cm³/mol. The van der Waals surface area contributed by atoms with Crippen molar-refractivity contribution in [2.24, 2.45) is 0 Å². The van der Waals surface area contributed by atoms with Crippen LogP contribution >= 0.6 is 0 Å². The molecule has 1 unspecified atom stereocenters. The van der Waals surface area contributed by atoms with Crippen molar-refractivity contribution in [3.05, 3.63) is 59.2 Å². The van der Waals surface area contributed by atoms with Gasteiger partial charge in [0.05, 0.1) is 7.11 Å². The molecule has 3 rings (SSSR count). The molecule has 3 heteroatoms. The summed E-state index contributed by atoms with van der Waals surface area (Å²) in [4.78, 5) is 2.45. The number of fused-ring (bicyclic) bond motifs is 1. The van der Waals surface area contributed by atoms with Gasteiger partial charge < -0.3 is 10.5 Å². The SMILES string of the molecule is COc1ccc(C(C)N2Cc3cccc(N)c3C2)cc1. The van der Waals surface area contributed by atoms with Crippen LogP contribution in [0, 0.1) is 0 Å². The molecule has 0 radical (unpaired) electrons. The molecule has 1 heterocycles. The lowest BCUT2D eigenvalue weighted by Crippen LogP contribution is -2.20. The second-order valence-electron chi connectivity index (χ2n) is 5.34. The second-order valence-corrected chi connectivity index (χ2v) is 5.34. The van der Waals surface area contributed by atoms with Gasteiger partial charge in [0.15, 0.2) is 0 Å². The van der Waals surface area contributed by atoms with E-state index in [4.69, 9.17) is 10.5 Å². The van der Waals surface area contributed by atoms with E-state index in [1.54, 1.807) is 7.11 Å². The molecule has 0 aromatic heterocycles. The van der Waals surface area contributed by atoms with E-state index in [2.05, 4.69) is 30.0 Å². The lowest BCUT2D eigenvalue weighted by Gasteiger charge is -2.24. The predicted octanol–water partition coefficient (Wildman–Crippen LogP) is 3.35. The van der Waals surface area contributed by atoms with Crippen LogP contribution in [0.3, 0.4) is 0 Å². The molecule has 20 heavy (non-hydrogen) atoms. The number of rotatable bonds is 3. The maximum atomic E-state index is 6.07. The zero-order valence-electron chi connectivity index (χ0n) is 12.0. The summed E-state index contributed by atoms with van der Waals surface area (Å²) < 4.78 is 5.21. The summed E-state index contributed by atoms with van der Waals surface area (Å²) in [6, 6.07) is 14.9. The Morgan fingerprint density at radius 1 is 1.10 bits per heavy atom. The molecule has 2 aromatic rings. The van der Waals surface area contributed by atoms with E-state index in [9.17, 15) is 0 Å². The van der Waals surface area contributed by atoms with Gasteiger partial charge in [0, 0.05) is 24.8 Å². The Hall–Kier alpha value is -2.00. The number of anilines is 1. The molecule has 2 aromatic carbocycles. The number of nitrogen functional groups attached to an aromatic ring is 1. The van der Waals surface area contributed by atoms with Gasteiger partial charge in [-0.05, 0) is 41.8 Å². The third-order valence-electron chi connectivity index (χ3n) is 4.19. The molecule has 0 bridgehead atoms. The number of ether oxygens (including phenoxy) is 1. The topological polar surface area (TPSA) is 38.5 Å². The third-order valence-corrected chi connectivity index (χ3v) is 4.19. The molecule has 1 aliphatic heterocycles. The fraction of sp³-hybridized carbons (Fsp3) is 0.294. The first kappa shape index (κ1) is 13.0. The summed E-state index contributed by atoms with van der Waals surface area (Å²) in [6.07, 6.45) is 0. The maximum absolute atomic E-state index is 6.07. The van der Waals surface area contributed by atoms with Crippen molar-refractivity contribution in [1.29, 1.82) is 0 Å². The molecule has 0 amide bonds. The van der Waals surface area contributed by atoms with Crippen molar-refractivity contribution in [2.45, 2.75) is 26.1 Å². The average Bonchev–Trinajstić information content (AvgIpc) is 2.92. The van der Waals surface area contributed by atoms with E-state index in [1.165, 1.54) is 16.7 Å². The van der Waals surface area contributed by atoms with Crippen LogP contribution in [0.2, 0.25) is 0 Å². The van der Waals surface area contributed by atoms with E-state index in [1.807, 2.05) is 24.3 Å². The van der Waals surface area contributed by atoms with Crippen molar-refractivity contribution in [1.82, 2.24) is 4.90 Å². The van der Waals surface area contributed by atoms with Crippen LogP contribution in [0.1, 0.15) is 29.7 Å².